The van der Waals surface area contributed by atoms with Crippen LogP contribution in [0.1, 0.15) is 27.6 Å². The molecule has 0 aliphatic carbocycles. The molecule has 0 spiro atoms. The first-order chi connectivity index (χ1) is 14.8. The minimum atomic E-state index is -0.752. The normalized spacial score (nSPS) is 14.7. The number of carbonyl (C=O) groups excluding carboxylic acids is 4. The predicted octanol–water partition coefficient (Wildman–Crippen LogP) is 2.40. The third-order valence-electron chi connectivity index (χ3n) is 4.20. The zero-order valence-corrected chi connectivity index (χ0v) is 18.1. The lowest BCUT2D eigenvalue weighted by molar-refractivity contribution is -0.125. The van der Waals surface area contributed by atoms with Gasteiger partial charge < -0.3 is 14.8 Å². The van der Waals surface area contributed by atoms with E-state index in [9.17, 15) is 19.2 Å². The SMILES string of the molecule is COc1ccc(Cl)cc1C(=O)NNC(=O)COC(=O)c1ccc2c(c1)NC(=O)C(C)S2. The van der Waals surface area contributed by atoms with Crippen molar-refractivity contribution >= 4 is 52.7 Å². The van der Waals surface area contributed by atoms with E-state index >= 15 is 0 Å². The maximum absolute atomic E-state index is 12.2. The van der Waals surface area contributed by atoms with Gasteiger partial charge in [-0.1, -0.05) is 11.6 Å². The number of fused-ring (bicyclic) bond motifs is 1. The molecule has 11 heteroatoms. The maximum Gasteiger partial charge on any atom is 0.338 e. The first-order valence-electron chi connectivity index (χ1n) is 9.00. The second-order valence-electron chi connectivity index (χ2n) is 6.38. The fourth-order valence-corrected chi connectivity index (χ4v) is 3.74. The van der Waals surface area contributed by atoms with Crippen LogP contribution in [0.2, 0.25) is 5.02 Å². The van der Waals surface area contributed by atoms with Crippen molar-refractivity contribution < 1.29 is 28.7 Å². The topological polar surface area (TPSA) is 123 Å². The van der Waals surface area contributed by atoms with Crippen molar-refractivity contribution in [1.29, 1.82) is 0 Å². The van der Waals surface area contributed by atoms with E-state index in [-0.39, 0.29) is 28.0 Å². The van der Waals surface area contributed by atoms with Crippen molar-refractivity contribution in [2.45, 2.75) is 17.1 Å². The number of hydrogen-bond acceptors (Lipinski definition) is 7. The zero-order chi connectivity index (χ0) is 22.5. The Balaban J connectivity index is 1.53. The minimum absolute atomic E-state index is 0.121. The van der Waals surface area contributed by atoms with Crippen LogP contribution in [0.25, 0.3) is 0 Å². The molecular weight excluding hydrogens is 446 g/mol. The number of hydrogen-bond donors (Lipinski definition) is 3. The number of thioether (sulfide) groups is 1. The molecule has 2 aromatic carbocycles. The summed E-state index contributed by atoms with van der Waals surface area (Å²) in [4.78, 5) is 49.0. The average molecular weight is 464 g/mol. The summed E-state index contributed by atoms with van der Waals surface area (Å²) in [7, 11) is 1.39. The van der Waals surface area contributed by atoms with Gasteiger partial charge >= 0.3 is 5.97 Å². The Morgan fingerprint density at radius 2 is 1.94 bits per heavy atom. The van der Waals surface area contributed by atoms with E-state index in [0.717, 1.165) is 4.90 Å². The summed E-state index contributed by atoms with van der Waals surface area (Å²) in [5.74, 6) is -2.04. The smallest absolute Gasteiger partial charge is 0.338 e. The summed E-state index contributed by atoms with van der Waals surface area (Å²) in [6.07, 6.45) is 0. The van der Waals surface area contributed by atoms with Crippen LogP contribution in [0.15, 0.2) is 41.3 Å². The number of methoxy groups -OCH3 is 1. The third-order valence-corrected chi connectivity index (χ3v) is 5.61. The van der Waals surface area contributed by atoms with Crippen molar-refractivity contribution in [2.75, 3.05) is 19.0 Å². The van der Waals surface area contributed by atoms with Gasteiger partial charge in [0.25, 0.3) is 11.8 Å². The first kappa shape index (κ1) is 22.4. The number of hydrazine groups is 1. The molecule has 3 rings (SSSR count). The number of carbonyl (C=O) groups is 4. The lowest BCUT2D eigenvalue weighted by atomic mass is 10.2. The predicted molar refractivity (Wildman–Crippen MR) is 114 cm³/mol. The summed E-state index contributed by atoms with van der Waals surface area (Å²) < 4.78 is 10.0. The highest BCUT2D eigenvalue weighted by atomic mass is 35.5. The number of anilines is 1. The highest BCUT2D eigenvalue weighted by Gasteiger charge is 2.24. The van der Waals surface area contributed by atoms with E-state index in [4.69, 9.17) is 21.1 Å². The second-order valence-corrected chi connectivity index (χ2v) is 8.20. The molecule has 3 amide bonds. The number of benzene rings is 2. The molecule has 31 heavy (non-hydrogen) atoms. The Bertz CT molecular complexity index is 1060. The number of nitrogens with one attached hydrogen (secondary N) is 3. The molecule has 1 aliphatic rings. The fraction of sp³-hybridized carbons (Fsp3) is 0.200. The molecule has 0 saturated carbocycles. The number of ether oxygens (including phenoxy) is 2. The molecule has 0 aromatic heterocycles. The van der Waals surface area contributed by atoms with Crippen molar-refractivity contribution in [2.24, 2.45) is 0 Å². The zero-order valence-electron chi connectivity index (χ0n) is 16.5. The van der Waals surface area contributed by atoms with Gasteiger partial charge in [0.05, 0.1) is 29.2 Å². The van der Waals surface area contributed by atoms with E-state index in [1.165, 1.54) is 37.1 Å². The molecule has 1 atom stereocenters. The molecule has 0 bridgehead atoms. The largest absolute Gasteiger partial charge is 0.496 e. The molecular formula is C20H18ClN3O6S. The number of rotatable bonds is 5. The number of halogens is 1. The summed E-state index contributed by atoms with van der Waals surface area (Å²) in [6.45, 7) is 1.16. The van der Waals surface area contributed by atoms with Crippen LogP contribution in [0.5, 0.6) is 5.75 Å². The van der Waals surface area contributed by atoms with Gasteiger partial charge in [-0.3, -0.25) is 25.2 Å². The Hall–Kier alpha value is -3.24. The van der Waals surface area contributed by atoms with Crippen LogP contribution in [-0.4, -0.2) is 42.7 Å². The summed E-state index contributed by atoms with van der Waals surface area (Å²) in [6, 6.07) is 9.19. The molecule has 0 saturated heterocycles. The van der Waals surface area contributed by atoms with Crippen LogP contribution < -0.4 is 20.9 Å². The lowest BCUT2D eigenvalue weighted by Gasteiger charge is -2.21. The van der Waals surface area contributed by atoms with Crippen LogP contribution in [0.3, 0.4) is 0 Å². The molecule has 162 valence electrons. The van der Waals surface area contributed by atoms with Crippen LogP contribution in [-0.2, 0) is 14.3 Å². The van der Waals surface area contributed by atoms with Gasteiger partial charge in [0.1, 0.15) is 5.75 Å². The van der Waals surface area contributed by atoms with Gasteiger partial charge in [0, 0.05) is 9.92 Å². The molecule has 0 fully saturated rings. The lowest BCUT2D eigenvalue weighted by Crippen LogP contribution is -2.43. The first-order valence-corrected chi connectivity index (χ1v) is 10.3. The van der Waals surface area contributed by atoms with E-state index < -0.39 is 24.4 Å². The standard InChI is InChI=1S/C20H18ClN3O6S/c1-10-18(26)22-14-7-11(3-6-16(14)31-10)20(28)30-9-17(25)23-24-19(27)13-8-12(21)4-5-15(13)29-2/h3-8,10H,9H2,1-2H3,(H,22,26)(H,23,25)(H,24,27). The van der Waals surface area contributed by atoms with E-state index in [0.29, 0.717) is 10.7 Å². The van der Waals surface area contributed by atoms with Gasteiger partial charge in [-0.05, 0) is 43.3 Å². The van der Waals surface area contributed by atoms with Crippen LogP contribution in [0, 0.1) is 0 Å². The van der Waals surface area contributed by atoms with Gasteiger partial charge in [0.2, 0.25) is 5.91 Å². The number of esters is 1. The van der Waals surface area contributed by atoms with Crippen LogP contribution in [0.4, 0.5) is 5.69 Å². The molecule has 2 aromatic rings. The molecule has 1 aliphatic heterocycles. The highest BCUT2D eigenvalue weighted by molar-refractivity contribution is 8.00. The van der Waals surface area contributed by atoms with Crippen molar-refractivity contribution in [3.05, 3.63) is 52.5 Å². The quantitative estimate of drug-likeness (QED) is 0.459. The Morgan fingerprint density at radius 3 is 2.68 bits per heavy atom. The van der Waals surface area contributed by atoms with Gasteiger partial charge in [0.15, 0.2) is 6.61 Å². The average Bonchev–Trinajstić information content (AvgIpc) is 2.76. The van der Waals surface area contributed by atoms with Gasteiger partial charge in [-0.2, -0.15) is 0 Å². The van der Waals surface area contributed by atoms with E-state index in [1.807, 2.05) is 0 Å². The minimum Gasteiger partial charge on any atom is -0.496 e. The molecule has 1 unspecified atom stereocenters. The molecule has 9 nitrogen and oxygen atoms in total. The Labute approximate surface area is 186 Å². The highest BCUT2D eigenvalue weighted by Crippen LogP contribution is 2.36. The molecule has 1 heterocycles. The Morgan fingerprint density at radius 1 is 1.16 bits per heavy atom. The second kappa shape index (κ2) is 9.71. The summed E-state index contributed by atoms with van der Waals surface area (Å²) in [5, 5.41) is 2.81. The summed E-state index contributed by atoms with van der Waals surface area (Å²) in [5.41, 5.74) is 5.15. The molecule has 0 radical (unpaired) electrons. The van der Waals surface area contributed by atoms with Crippen molar-refractivity contribution in [3.8, 4) is 5.75 Å². The monoisotopic (exact) mass is 463 g/mol. The molecule has 3 N–H and O–H groups in total. The van der Waals surface area contributed by atoms with Crippen molar-refractivity contribution in [1.82, 2.24) is 10.9 Å². The number of amides is 3. The van der Waals surface area contributed by atoms with E-state index in [2.05, 4.69) is 16.2 Å². The third kappa shape index (κ3) is 5.47. The van der Waals surface area contributed by atoms with Crippen LogP contribution >= 0.6 is 23.4 Å². The maximum atomic E-state index is 12.2. The van der Waals surface area contributed by atoms with Gasteiger partial charge in [-0.15, -0.1) is 11.8 Å². The Kier molecular flexibility index (Phi) is 7.03. The summed E-state index contributed by atoms with van der Waals surface area (Å²) >= 11 is 7.26. The van der Waals surface area contributed by atoms with Gasteiger partial charge in [-0.25, -0.2) is 4.79 Å². The van der Waals surface area contributed by atoms with E-state index in [1.54, 1.807) is 25.1 Å². The van der Waals surface area contributed by atoms with Crippen molar-refractivity contribution in [3.63, 3.8) is 0 Å². The fourth-order valence-electron chi connectivity index (χ4n) is 2.64.